The summed E-state index contributed by atoms with van der Waals surface area (Å²) < 4.78 is 0.983. The summed E-state index contributed by atoms with van der Waals surface area (Å²) in [6.45, 7) is 0. The van der Waals surface area contributed by atoms with Gasteiger partial charge < -0.3 is 5.11 Å². The molecule has 1 aromatic carbocycles. The van der Waals surface area contributed by atoms with Crippen LogP contribution >= 0.6 is 23.1 Å². The van der Waals surface area contributed by atoms with Crippen LogP contribution in [0.25, 0.3) is 15.8 Å². The minimum absolute atomic E-state index is 0.0148. The maximum Gasteiger partial charge on any atom is 0.187 e. The van der Waals surface area contributed by atoms with E-state index in [-0.39, 0.29) is 17.1 Å². The average Bonchev–Trinajstić information content (AvgIpc) is 2.98. The van der Waals surface area contributed by atoms with Crippen LogP contribution in [0.15, 0.2) is 53.6 Å². The molecular weight excluding hydrogens is 316 g/mol. The van der Waals surface area contributed by atoms with E-state index < -0.39 is 0 Å². The maximum atomic E-state index is 10.2. The van der Waals surface area contributed by atoms with Gasteiger partial charge in [0.05, 0.1) is 16.0 Å². The lowest BCUT2D eigenvalue weighted by molar-refractivity contribution is 0.420. The van der Waals surface area contributed by atoms with Crippen LogP contribution in [-0.2, 0) is 0 Å². The molecule has 0 saturated carbocycles. The number of nitriles is 1. The number of fused-ring (bicyclic) bond motifs is 1. The SMILES string of the molecule is N#CC(=C(O)CSc1ncccn1)c1nc2ccccc2s1. The van der Waals surface area contributed by atoms with Crippen LogP contribution < -0.4 is 0 Å². The third kappa shape index (κ3) is 3.08. The van der Waals surface area contributed by atoms with Crippen molar-refractivity contribution in [2.24, 2.45) is 0 Å². The van der Waals surface area contributed by atoms with Crippen LogP contribution in [0.1, 0.15) is 5.01 Å². The second kappa shape index (κ2) is 6.56. The zero-order valence-electron chi connectivity index (χ0n) is 11.3. The van der Waals surface area contributed by atoms with Crippen molar-refractivity contribution in [1.82, 2.24) is 15.0 Å². The highest BCUT2D eigenvalue weighted by molar-refractivity contribution is 7.99. The van der Waals surface area contributed by atoms with E-state index in [1.165, 1.54) is 23.1 Å². The van der Waals surface area contributed by atoms with Gasteiger partial charge >= 0.3 is 0 Å². The van der Waals surface area contributed by atoms with Gasteiger partial charge in [0, 0.05) is 12.4 Å². The monoisotopic (exact) mass is 326 g/mol. The number of aliphatic hydroxyl groups excluding tert-OH is 1. The van der Waals surface area contributed by atoms with E-state index in [1.807, 2.05) is 30.3 Å². The molecule has 22 heavy (non-hydrogen) atoms. The predicted octanol–water partition coefficient (Wildman–Crippen LogP) is 3.67. The van der Waals surface area contributed by atoms with Gasteiger partial charge in [-0.1, -0.05) is 23.9 Å². The van der Waals surface area contributed by atoms with Crippen molar-refractivity contribution in [2.45, 2.75) is 5.16 Å². The van der Waals surface area contributed by atoms with Crippen LogP contribution in [0.3, 0.4) is 0 Å². The third-order valence-electron chi connectivity index (χ3n) is 2.79. The molecule has 1 N–H and O–H groups in total. The number of benzene rings is 1. The van der Waals surface area contributed by atoms with Gasteiger partial charge in [0.2, 0.25) is 0 Å². The molecule has 0 unspecified atom stereocenters. The van der Waals surface area contributed by atoms with Crippen molar-refractivity contribution >= 4 is 38.9 Å². The molecule has 3 aromatic rings. The van der Waals surface area contributed by atoms with Crippen LogP contribution in [0.5, 0.6) is 0 Å². The Morgan fingerprint density at radius 2 is 2.00 bits per heavy atom. The Hall–Kier alpha value is -2.43. The molecule has 0 atom stereocenters. The van der Waals surface area contributed by atoms with Gasteiger partial charge in [0.1, 0.15) is 22.4 Å². The Morgan fingerprint density at radius 1 is 1.23 bits per heavy atom. The number of thioether (sulfide) groups is 1. The Kier molecular flexibility index (Phi) is 4.32. The zero-order chi connectivity index (χ0) is 15.4. The Balaban J connectivity index is 1.86. The Labute approximate surface area is 135 Å². The molecular formula is C15H10N4OS2. The first-order valence-electron chi connectivity index (χ1n) is 6.36. The molecule has 2 heterocycles. The number of thiazole rings is 1. The van der Waals surface area contributed by atoms with Crippen molar-refractivity contribution in [3.05, 3.63) is 53.5 Å². The zero-order valence-corrected chi connectivity index (χ0v) is 12.9. The second-order valence-electron chi connectivity index (χ2n) is 4.24. The molecule has 2 aromatic heterocycles. The van der Waals surface area contributed by atoms with Gasteiger partial charge in [-0.05, 0) is 18.2 Å². The van der Waals surface area contributed by atoms with E-state index >= 15 is 0 Å². The van der Waals surface area contributed by atoms with Gasteiger partial charge in [-0.15, -0.1) is 11.3 Å². The predicted molar refractivity (Wildman–Crippen MR) is 87.5 cm³/mol. The molecule has 108 valence electrons. The van der Waals surface area contributed by atoms with Gasteiger partial charge in [-0.3, -0.25) is 0 Å². The van der Waals surface area contributed by atoms with Crippen molar-refractivity contribution in [2.75, 3.05) is 5.75 Å². The summed E-state index contributed by atoms with van der Waals surface area (Å²) >= 11 is 2.66. The van der Waals surface area contributed by atoms with Gasteiger partial charge in [0.15, 0.2) is 5.16 Å². The first kappa shape index (κ1) is 14.5. The standard InChI is InChI=1S/C15H10N4OS2/c16-8-10(12(20)9-21-15-17-6-3-7-18-15)14-19-11-4-1-2-5-13(11)22-14/h1-7,20H,9H2. The van der Waals surface area contributed by atoms with Crippen LogP contribution in [0, 0.1) is 11.3 Å². The number of hydrogen-bond donors (Lipinski definition) is 1. The van der Waals surface area contributed by atoms with E-state index in [9.17, 15) is 10.4 Å². The topological polar surface area (TPSA) is 82.7 Å². The highest BCUT2D eigenvalue weighted by atomic mass is 32.2. The summed E-state index contributed by atoms with van der Waals surface area (Å²) in [5, 5.41) is 20.6. The number of aliphatic hydroxyl groups is 1. The van der Waals surface area contributed by atoms with Crippen LogP contribution in [-0.4, -0.2) is 25.8 Å². The molecule has 0 saturated heterocycles. The van der Waals surface area contributed by atoms with Crippen molar-refractivity contribution in [1.29, 1.82) is 5.26 Å². The lowest BCUT2D eigenvalue weighted by atomic mass is 10.2. The lowest BCUT2D eigenvalue weighted by Crippen LogP contribution is -1.94. The first-order chi connectivity index (χ1) is 10.8. The molecule has 0 aliphatic heterocycles. The fourth-order valence-electron chi connectivity index (χ4n) is 1.78. The number of para-hydroxylation sites is 1. The summed E-state index contributed by atoms with van der Waals surface area (Å²) in [4.78, 5) is 12.5. The van der Waals surface area contributed by atoms with E-state index in [2.05, 4.69) is 15.0 Å². The minimum atomic E-state index is -0.0148. The quantitative estimate of drug-likeness (QED) is 0.341. The Morgan fingerprint density at radius 3 is 2.73 bits per heavy atom. The third-order valence-corrected chi connectivity index (χ3v) is 4.73. The van der Waals surface area contributed by atoms with E-state index in [4.69, 9.17) is 0 Å². The first-order valence-corrected chi connectivity index (χ1v) is 8.16. The molecule has 0 aliphatic carbocycles. The minimum Gasteiger partial charge on any atom is -0.510 e. The van der Waals surface area contributed by atoms with E-state index in [0.29, 0.717) is 10.2 Å². The number of allylic oxidation sites excluding steroid dienone is 1. The number of nitrogens with zero attached hydrogens (tertiary/aromatic N) is 4. The largest absolute Gasteiger partial charge is 0.510 e. The Bertz CT molecular complexity index is 835. The van der Waals surface area contributed by atoms with Crippen LogP contribution in [0.2, 0.25) is 0 Å². The molecule has 0 spiro atoms. The molecule has 0 fully saturated rings. The molecule has 0 radical (unpaired) electrons. The van der Waals surface area contributed by atoms with Crippen molar-refractivity contribution < 1.29 is 5.11 Å². The van der Waals surface area contributed by atoms with Gasteiger partial charge in [0.25, 0.3) is 0 Å². The van der Waals surface area contributed by atoms with Crippen molar-refractivity contribution in [3.8, 4) is 6.07 Å². The fraction of sp³-hybridized carbons (Fsp3) is 0.0667. The number of rotatable bonds is 4. The molecule has 5 nitrogen and oxygen atoms in total. The number of aromatic nitrogens is 3. The second-order valence-corrected chi connectivity index (χ2v) is 6.21. The average molecular weight is 326 g/mol. The molecule has 3 rings (SSSR count). The van der Waals surface area contributed by atoms with Crippen LogP contribution in [0.4, 0.5) is 0 Å². The summed E-state index contributed by atoms with van der Waals surface area (Å²) in [5.41, 5.74) is 1.02. The summed E-state index contributed by atoms with van der Waals surface area (Å²) in [6, 6.07) is 11.4. The summed E-state index contributed by atoms with van der Waals surface area (Å²) in [5.74, 6) is 0.210. The summed E-state index contributed by atoms with van der Waals surface area (Å²) in [6.07, 6.45) is 3.27. The highest BCUT2D eigenvalue weighted by Crippen LogP contribution is 2.29. The highest BCUT2D eigenvalue weighted by Gasteiger charge is 2.14. The van der Waals surface area contributed by atoms with E-state index in [1.54, 1.807) is 18.5 Å². The molecule has 7 heteroatoms. The van der Waals surface area contributed by atoms with Crippen molar-refractivity contribution in [3.63, 3.8) is 0 Å². The van der Waals surface area contributed by atoms with Gasteiger partial charge in [-0.25, -0.2) is 15.0 Å². The lowest BCUT2D eigenvalue weighted by Gasteiger charge is -2.01. The van der Waals surface area contributed by atoms with Gasteiger partial charge in [-0.2, -0.15) is 5.26 Å². The smallest absolute Gasteiger partial charge is 0.187 e. The molecule has 0 aliphatic rings. The number of hydrogen-bond acceptors (Lipinski definition) is 7. The molecule has 0 bridgehead atoms. The summed E-state index contributed by atoms with van der Waals surface area (Å²) in [7, 11) is 0. The van der Waals surface area contributed by atoms with E-state index in [0.717, 1.165) is 10.2 Å². The maximum absolute atomic E-state index is 10.2. The molecule has 0 amide bonds. The normalized spacial score (nSPS) is 12.0. The fourth-order valence-corrected chi connectivity index (χ4v) is 3.44.